The van der Waals surface area contributed by atoms with Crippen molar-refractivity contribution >= 4 is 40.9 Å². The Morgan fingerprint density at radius 2 is 1.80 bits per heavy atom. The number of hydrogen-bond acceptors (Lipinski definition) is 5. The molecule has 2 heterocycles. The van der Waals surface area contributed by atoms with Crippen molar-refractivity contribution in [2.24, 2.45) is 0 Å². The first-order valence-corrected chi connectivity index (χ1v) is 12.3. The van der Waals surface area contributed by atoms with E-state index in [0.717, 1.165) is 5.56 Å². The molecule has 1 amide bonds. The third kappa shape index (κ3) is 4.80. The lowest BCUT2D eigenvalue weighted by Gasteiger charge is -2.29. The molecule has 0 radical (unpaired) electrons. The SMILES string of the molecule is CC1=C(C(=O)Nc2ccccc2)C(c2ccccc2Cl)n2nc(SCc3ccccc3F)nc2N1. The van der Waals surface area contributed by atoms with E-state index in [1.54, 1.807) is 28.9 Å². The standard InChI is InChI=1S/C26H21ClFN5OS/c1-16-22(24(34)30-18-10-3-2-4-11-18)23(19-12-6-7-13-20(19)27)33-25(29-16)31-26(32-33)35-15-17-9-5-8-14-21(17)28/h2-14,23H,15H2,1H3,(H,30,34)(H,29,31,32). The zero-order valence-corrected chi connectivity index (χ0v) is 20.3. The second-order valence-electron chi connectivity index (χ2n) is 7.95. The third-order valence-electron chi connectivity index (χ3n) is 5.62. The van der Waals surface area contributed by atoms with Gasteiger partial charge in [0.25, 0.3) is 5.91 Å². The number of carbonyl (C=O) groups is 1. The van der Waals surface area contributed by atoms with Crippen molar-refractivity contribution in [3.8, 4) is 0 Å². The lowest BCUT2D eigenvalue weighted by Crippen LogP contribution is -2.31. The van der Waals surface area contributed by atoms with E-state index in [4.69, 9.17) is 11.6 Å². The number of nitrogens with zero attached hydrogens (tertiary/aromatic N) is 3. The molecule has 9 heteroatoms. The number of thioether (sulfide) groups is 1. The van der Waals surface area contributed by atoms with E-state index in [2.05, 4.69) is 20.7 Å². The van der Waals surface area contributed by atoms with E-state index in [-0.39, 0.29) is 11.7 Å². The molecule has 1 aliphatic heterocycles. The zero-order chi connectivity index (χ0) is 24.4. The largest absolute Gasteiger partial charge is 0.328 e. The highest BCUT2D eigenvalue weighted by Crippen LogP contribution is 2.39. The maximum absolute atomic E-state index is 14.1. The van der Waals surface area contributed by atoms with Crippen LogP contribution in [0.2, 0.25) is 5.02 Å². The van der Waals surface area contributed by atoms with Gasteiger partial charge in [0.05, 0.1) is 5.57 Å². The number of hydrogen-bond donors (Lipinski definition) is 2. The van der Waals surface area contributed by atoms with Crippen LogP contribution in [-0.2, 0) is 10.5 Å². The topological polar surface area (TPSA) is 71.8 Å². The molecule has 0 saturated carbocycles. The highest BCUT2D eigenvalue weighted by Gasteiger charge is 2.35. The summed E-state index contributed by atoms with van der Waals surface area (Å²) < 4.78 is 15.7. The highest BCUT2D eigenvalue weighted by atomic mass is 35.5. The van der Waals surface area contributed by atoms with E-state index < -0.39 is 6.04 Å². The Kier molecular flexibility index (Phi) is 6.57. The minimum atomic E-state index is -0.598. The van der Waals surface area contributed by atoms with Crippen LogP contribution in [0.3, 0.4) is 0 Å². The molecule has 0 fully saturated rings. The lowest BCUT2D eigenvalue weighted by atomic mass is 9.95. The number of allylic oxidation sites excluding steroid dienone is 1. The first-order valence-electron chi connectivity index (χ1n) is 10.9. The van der Waals surface area contributed by atoms with E-state index >= 15 is 0 Å². The Morgan fingerprint density at radius 1 is 1.09 bits per heavy atom. The van der Waals surface area contributed by atoms with Gasteiger partial charge in [0.2, 0.25) is 11.1 Å². The number of rotatable bonds is 6. The molecule has 3 aromatic carbocycles. The average molecular weight is 506 g/mol. The number of amides is 1. The molecule has 2 N–H and O–H groups in total. The monoisotopic (exact) mass is 505 g/mol. The number of fused-ring (bicyclic) bond motifs is 1. The van der Waals surface area contributed by atoms with Gasteiger partial charge >= 0.3 is 0 Å². The quantitative estimate of drug-likeness (QED) is 0.301. The number of benzene rings is 3. The van der Waals surface area contributed by atoms with E-state index in [9.17, 15) is 9.18 Å². The Balaban J connectivity index is 1.51. The van der Waals surface area contributed by atoms with Gasteiger partial charge in [0.1, 0.15) is 11.9 Å². The van der Waals surface area contributed by atoms with Crippen LogP contribution in [-0.4, -0.2) is 20.7 Å². The minimum Gasteiger partial charge on any atom is -0.328 e. The predicted molar refractivity (Wildman–Crippen MR) is 137 cm³/mol. The summed E-state index contributed by atoms with van der Waals surface area (Å²) >= 11 is 7.91. The Labute approximate surface area is 211 Å². The maximum Gasteiger partial charge on any atom is 0.255 e. The van der Waals surface area contributed by atoms with Crippen molar-refractivity contribution in [1.29, 1.82) is 0 Å². The first kappa shape index (κ1) is 23.1. The molecule has 1 unspecified atom stereocenters. The summed E-state index contributed by atoms with van der Waals surface area (Å²) in [7, 11) is 0. The number of anilines is 2. The van der Waals surface area contributed by atoms with Crippen molar-refractivity contribution in [3.63, 3.8) is 0 Å². The van der Waals surface area contributed by atoms with Crippen LogP contribution in [0.5, 0.6) is 0 Å². The maximum atomic E-state index is 14.1. The molecule has 0 bridgehead atoms. The molecule has 5 rings (SSSR count). The van der Waals surface area contributed by atoms with Gasteiger partial charge in [0.15, 0.2) is 0 Å². The number of para-hydroxylation sites is 1. The number of halogens is 2. The van der Waals surface area contributed by atoms with Crippen LogP contribution in [0.4, 0.5) is 16.0 Å². The van der Waals surface area contributed by atoms with Gasteiger partial charge in [-0.05, 0) is 36.8 Å². The number of nitrogens with one attached hydrogen (secondary N) is 2. The van der Waals surface area contributed by atoms with Gasteiger partial charge in [-0.25, -0.2) is 9.07 Å². The molecule has 35 heavy (non-hydrogen) atoms. The van der Waals surface area contributed by atoms with Crippen molar-refractivity contribution in [2.45, 2.75) is 23.9 Å². The Bertz CT molecular complexity index is 1420. The van der Waals surface area contributed by atoms with E-state index in [1.807, 2.05) is 55.5 Å². The van der Waals surface area contributed by atoms with E-state index in [1.165, 1.54) is 17.8 Å². The molecule has 0 saturated heterocycles. The third-order valence-corrected chi connectivity index (χ3v) is 6.85. The highest BCUT2D eigenvalue weighted by molar-refractivity contribution is 7.98. The van der Waals surface area contributed by atoms with Gasteiger partial charge in [-0.15, -0.1) is 5.10 Å². The normalized spacial score (nSPS) is 14.9. The molecule has 1 atom stereocenters. The fourth-order valence-corrected chi connectivity index (χ4v) is 5.00. The smallest absolute Gasteiger partial charge is 0.255 e. The molecule has 1 aromatic heterocycles. The fraction of sp³-hybridized carbons (Fsp3) is 0.115. The van der Waals surface area contributed by atoms with Gasteiger partial charge in [0, 0.05) is 27.7 Å². The van der Waals surface area contributed by atoms with E-state index in [0.29, 0.717) is 44.4 Å². The van der Waals surface area contributed by atoms with Crippen LogP contribution < -0.4 is 10.6 Å². The summed E-state index contributed by atoms with van der Waals surface area (Å²) in [6.45, 7) is 1.83. The molecule has 0 aliphatic carbocycles. The van der Waals surface area contributed by atoms with Crippen LogP contribution >= 0.6 is 23.4 Å². The molecule has 176 valence electrons. The molecule has 4 aromatic rings. The molecular weight excluding hydrogens is 485 g/mol. The molecule has 6 nitrogen and oxygen atoms in total. The molecule has 1 aliphatic rings. The zero-order valence-electron chi connectivity index (χ0n) is 18.7. The first-order chi connectivity index (χ1) is 17.0. The second kappa shape index (κ2) is 9.93. The van der Waals surface area contributed by atoms with Crippen LogP contribution in [0.1, 0.15) is 24.1 Å². The minimum absolute atomic E-state index is 0.270. The summed E-state index contributed by atoms with van der Waals surface area (Å²) in [5, 5.41) is 11.8. The summed E-state index contributed by atoms with van der Waals surface area (Å²) in [4.78, 5) is 18.1. The fourth-order valence-electron chi connectivity index (χ4n) is 3.95. The van der Waals surface area contributed by atoms with Gasteiger partial charge < -0.3 is 10.6 Å². The summed E-state index contributed by atoms with van der Waals surface area (Å²) in [6.07, 6.45) is 0. The predicted octanol–water partition coefficient (Wildman–Crippen LogP) is 6.29. The lowest BCUT2D eigenvalue weighted by molar-refractivity contribution is -0.113. The second-order valence-corrected chi connectivity index (χ2v) is 9.30. The number of carbonyl (C=O) groups excluding carboxylic acids is 1. The van der Waals surface area contributed by atoms with Crippen molar-refractivity contribution in [3.05, 3.63) is 112 Å². The van der Waals surface area contributed by atoms with Crippen LogP contribution in [0.25, 0.3) is 0 Å². The van der Waals surface area contributed by atoms with Crippen molar-refractivity contribution < 1.29 is 9.18 Å². The van der Waals surface area contributed by atoms with Gasteiger partial charge in [-0.3, -0.25) is 4.79 Å². The number of aromatic nitrogens is 3. The average Bonchev–Trinajstić information content (AvgIpc) is 3.26. The van der Waals surface area contributed by atoms with Crippen LogP contribution in [0, 0.1) is 5.82 Å². The summed E-state index contributed by atoms with van der Waals surface area (Å²) in [5.41, 5.74) is 3.10. The molecular formula is C26H21ClFN5OS. The Hall–Kier alpha value is -3.62. The van der Waals surface area contributed by atoms with Gasteiger partial charge in [-0.2, -0.15) is 4.98 Å². The van der Waals surface area contributed by atoms with Crippen molar-refractivity contribution in [2.75, 3.05) is 10.6 Å². The Morgan fingerprint density at radius 3 is 2.57 bits per heavy atom. The summed E-state index contributed by atoms with van der Waals surface area (Å²) in [6, 6.07) is 22.6. The molecule has 0 spiro atoms. The van der Waals surface area contributed by atoms with Crippen LogP contribution in [0.15, 0.2) is 95.3 Å². The van der Waals surface area contributed by atoms with Crippen molar-refractivity contribution in [1.82, 2.24) is 14.8 Å². The summed E-state index contributed by atoms with van der Waals surface area (Å²) in [5.74, 6) is 0.321. The van der Waals surface area contributed by atoms with Gasteiger partial charge in [-0.1, -0.05) is 78.0 Å².